The predicted octanol–water partition coefficient (Wildman–Crippen LogP) is 1.67. The molecule has 0 amide bonds. The van der Waals surface area contributed by atoms with Crippen molar-refractivity contribution in [1.82, 2.24) is 5.32 Å². The quantitative estimate of drug-likeness (QED) is 0.607. The Balaban J connectivity index is 2.67. The van der Waals surface area contributed by atoms with Crippen LogP contribution >= 0.6 is 0 Å². The summed E-state index contributed by atoms with van der Waals surface area (Å²) in [4.78, 5) is 23.7. The second kappa shape index (κ2) is 7.65. The average Bonchev–Trinajstić information content (AvgIpc) is 2.46. The highest BCUT2D eigenvalue weighted by Gasteiger charge is 2.23. The van der Waals surface area contributed by atoms with Crippen LogP contribution < -0.4 is 10.1 Å². The summed E-state index contributed by atoms with van der Waals surface area (Å²) < 4.78 is 9.79. The Morgan fingerprint density at radius 2 is 1.95 bits per heavy atom. The van der Waals surface area contributed by atoms with Crippen LogP contribution in [0.1, 0.15) is 24.2 Å². The van der Waals surface area contributed by atoms with Crippen LogP contribution in [0.15, 0.2) is 24.3 Å². The zero-order chi connectivity index (χ0) is 15.1. The fourth-order valence-electron chi connectivity index (χ4n) is 1.82. The summed E-state index contributed by atoms with van der Waals surface area (Å²) in [6, 6.07) is 6.43. The maximum Gasteiger partial charge on any atom is 0.323 e. The number of nitrogens with one attached hydrogen (secondary N) is 1. The zero-order valence-electron chi connectivity index (χ0n) is 12.3. The summed E-state index contributed by atoms with van der Waals surface area (Å²) in [5, 5.41) is 2.94. The molecule has 20 heavy (non-hydrogen) atoms. The average molecular weight is 279 g/mol. The minimum atomic E-state index is -0.491. The molecule has 1 aromatic rings. The Kier molecular flexibility index (Phi) is 6.18. The van der Waals surface area contributed by atoms with Crippen LogP contribution in [0, 0.1) is 5.92 Å². The number of benzene rings is 1. The normalized spacial score (nSPS) is 12.1. The number of hydrogen-bond donors (Lipinski definition) is 1. The van der Waals surface area contributed by atoms with E-state index in [0.29, 0.717) is 11.3 Å². The first-order valence-corrected chi connectivity index (χ1v) is 6.48. The Bertz CT molecular complexity index is 471. The van der Waals surface area contributed by atoms with Gasteiger partial charge in [0, 0.05) is 5.56 Å². The molecule has 5 heteroatoms. The van der Waals surface area contributed by atoms with E-state index in [0.717, 1.165) is 0 Å². The van der Waals surface area contributed by atoms with Gasteiger partial charge in [0.25, 0.3) is 0 Å². The maximum absolute atomic E-state index is 12.1. The van der Waals surface area contributed by atoms with Gasteiger partial charge >= 0.3 is 5.97 Å². The minimum absolute atomic E-state index is 0.0422. The Morgan fingerprint density at radius 1 is 1.25 bits per heavy atom. The van der Waals surface area contributed by atoms with E-state index in [2.05, 4.69) is 5.32 Å². The number of carbonyl (C=O) groups is 2. The minimum Gasteiger partial charge on any atom is -0.497 e. The first-order valence-electron chi connectivity index (χ1n) is 6.48. The largest absolute Gasteiger partial charge is 0.497 e. The summed E-state index contributed by atoms with van der Waals surface area (Å²) in [7, 11) is 2.89. The molecule has 0 aliphatic rings. The molecule has 1 aromatic carbocycles. The zero-order valence-corrected chi connectivity index (χ0v) is 12.3. The molecule has 0 aliphatic heterocycles. The molecule has 0 radical (unpaired) electrons. The molecular formula is C15H21NO4. The molecule has 0 saturated carbocycles. The van der Waals surface area contributed by atoms with Gasteiger partial charge in [-0.3, -0.25) is 14.9 Å². The van der Waals surface area contributed by atoms with Crippen LogP contribution in [-0.4, -0.2) is 38.6 Å². The number of rotatable bonds is 7. The highest BCUT2D eigenvalue weighted by molar-refractivity contribution is 5.98. The van der Waals surface area contributed by atoms with Crippen molar-refractivity contribution in [1.29, 1.82) is 0 Å². The Hall–Kier alpha value is -1.88. The van der Waals surface area contributed by atoms with Gasteiger partial charge < -0.3 is 9.47 Å². The van der Waals surface area contributed by atoms with Crippen LogP contribution in [0.5, 0.6) is 5.75 Å². The molecule has 0 saturated heterocycles. The fraction of sp³-hybridized carbons (Fsp3) is 0.467. The van der Waals surface area contributed by atoms with E-state index in [1.54, 1.807) is 31.4 Å². The topological polar surface area (TPSA) is 64.6 Å². The van der Waals surface area contributed by atoms with Gasteiger partial charge in [0.1, 0.15) is 11.8 Å². The van der Waals surface area contributed by atoms with Gasteiger partial charge in [-0.05, 0) is 18.1 Å². The number of esters is 1. The number of methoxy groups -OCH3 is 2. The van der Waals surface area contributed by atoms with Crippen molar-refractivity contribution in [2.45, 2.75) is 19.9 Å². The molecule has 0 bridgehead atoms. The second-order valence-electron chi connectivity index (χ2n) is 4.78. The molecule has 110 valence electrons. The van der Waals surface area contributed by atoms with E-state index >= 15 is 0 Å². The molecule has 1 atom stereocenters. The third-order valence-electron chi connectivity index (χ3n) is 3.00. The summed E-state index contributed by atoms with van der Waals surface area (Å²) in [5.74, 6) is 0.210. The standard InChI is InChI=1S/C15H21NO4/c1-10(2)14(15(18)20-4)16-9-13(17)11-6-5-7-12(8-11)19-3/h5-8,10,14,16H,9H2,1-4H3. The van der Waals surface area contributed by atoms with E-state index in [9.17, 15) is 9.59 Å². The molecule has 1 N–H and O–H groups in total. The fourth-order valence-corrected chi connectivity index (χ4v) is 1.82. The number of hydrogen-bond acceptors (Lipinski definition) is 5. The molecule has 1 unspecified atom stereocenters. The number of Topliss-reactive ketones (excluding diaryl/α,β-unsaturated/α-hetero) is 1. The summed E-state index contributed by atoms with van der Waals surface area (Å²) >= 11 is 0. The van der Waals surface area contributed by atoms with Gasteiger partial charge in [-0.25, -0.2) is 0 Å². The predicted molar refractivity (Wildman–Crippen MR) is 76.0 cm³/mol. The molecule has 0 spiro atoms. The van der Waals surface area contributed by atoms with Crippen LogP contribution in [0.3, 0.4) is 0 Å². The lowest BCUT2D eigenvalue weighted by Gasteiger charge is -2.19. The second-order valence-corrected chi connectivity index (χ2v) is 4.78. The summed E-state index contributed by atoms with van der Waals surface area (Å²) in [6.45, 7) is 3.86. The number of ketones is 1. The molecule has 0 aromatic heterocycles. The molecule has 0 aliphatic carbocycles. The number of ether oxygens (including phenoxy) is 2. The maximum atomic E-state index is 12.1. The number of carbonyl (C=O) groups excluding carboxylic acids is 2. The first kappa shape index (κ1) is 16.2. The highest BCUT2D eigenvalue weighted by atomic mass is 16.5. The van der Waals surface area contributed by atoms with Crippen molar-refractivity contribution < 1.29 is 19.1 Å². The molecular weight excluding hydrogens is 258 g/mol. The van der Waals surface area contributed by atoms with E-state index in [4.69, 9.17) is 9.47 Å². The third kappa shape index (κ3) is 4.35. The van der Waals surface area contributed by atoms with Crippen molar-refractivity contribution in [2.24, 2.45) is 5.92 Å². The van der Waals surface area contributed by atoms with Gasteiger partial charge in [0.05, 0.1) is 20.8 Å². The van der Waals surface area contributed by atoms with Crippen LogP contribution in [0.4, 0.5) is 0 Å². The van der Waals surface area contributed by atoms with Crippen molar-refractivity contribution in [3.05, 3.63) is 29.8 Å². The van der Waals surface area contributed by atoms with E-state index in [1.165, 1.54) is 7.11 Å². The van der Waals surface area contributed by atoms with Crippen molar-refractivity contribution >= 4 is 11.8 Å². The Morgan fingerprint density at radius 3 is 2.50 bits per heavy atom. The smallest absolute Gasteiger partial charge is 0.323 e. The van der Waals surface area contributed by atoms with Crippen molar-refractivity contribution in [3.8, 4) is 5.75 Å². The summed E-state index contributed by atoms with van der Waals surface area (Å²) in [5.41, 5.74) is 0.546. The summed E-state index contributed by atoms with van der Waals surface area (Å²) in [6.07, 6.45) is 0. The van der Waals surface area contributed by atoms with Crippen LogP contribution in [0.2, 0.25) is 0 Å². The van der Waals surface area contributed by atoms with Gasteiger partial charge in [0.15, 0.2) is 5.78 Å². The Labute approximate surface area is 119 Å². The van der Waals surface area contributed by atoms with Crippen LogP contribution in [-0.2, 0) is 9.53 Å². The van der Waals surface area contributed by atoms with E-state index < -0.39 is 6.04 Å². The van der Waals surface area contributed by atoms with Crippen LogP contribution in [0.25, 0.3) is 0 Å². The lowest BCUT2D eigenvalue weighted by atomic mass is 10.0. The van der Waals surface area contributed by atoms with Gasteiger partial charge in [-0.15, -0.1) is 0 Å². The first-order chi connectivity index (χ1) is 9.49. The van der Waals surface area contributed by atoms with Gasteiger partial charge in [0.2, 0.25) is 0 Å². The molecule has 5 nitrogen and oxygen atoms in total. The molecule has 0 heterocycles. The van der Waals surface area contributed by atoms with Crippen molar-refractivity contribution in [2.75, 3.05) is 20.8 Å². The van der Waals surface area contributed by atoms with Gasteiger partial charge in [-0.2, -0.15) is 0 Å². The molecule has 0 fully saturated rings. The third-order valence-corrected chi connectivity index (χ3v) is 3.00. The SMILES string of the molecule is COC(=O)C(NCC(=O)c1cccc(OC)c1)C(C)C. The van der Waals surface area contributed by atoms with Gasteiger partial charge in [-0.1, -0.05) is 26.0 Å². The van der Waals surface area contributed by atoms with Crippen molar-refractivity contribution in [3.63, 3.8) is 0 Å². The lowest BCUT2D eigenvalue weighted by molar-refractivity contribution is -0.144. The van der Waals surface area contributed by atoms with E-state index in [-0.39, 0.29) is 24.2 Å². The lowest BCUT2D eigenvalue weighted by Crippen LogP contribution is -2.44. The monoisotopic (exact) mass is 279 g/mol. The van der Waals surface area contributed by atoms with E-state index in [1.807, 2.05) is 13.8 Å². The highest BCUT2D eigenvalue weighted by Crippen LogP contribution is 2.13. The molecule has 1 rings (SSSR count).